The van der Waals surface area contributed by atoms with Crippen LogP contribution in [-0.4, -0.2) is 0 Å². The third kappa shape index (κ3) is 3.74. The van der Waals surface area contributed by atoms with Crippen LogP contribution in [0.25, 0.3) is 22.3 Å². The lowest BCUT2D eigenvalue weighted by Crippen LogP contribution is -1.80. The summed E-state index contributed by atoms with van der Waals surface area (Å²) in [5.74, 6) is 6.50. The van der Waals surface area contributed by atoms with Crippen molar-refractivity contribution in [1.29, 1.82) is 0 Å². The molecule has 0 bridgehead atoms. The molecule has 0 aliphatic carbocycles. The van der Waals surface area contributed by atoms with Crippen LogP contribution in [-0.2, 0) is 0 Å². The first-order valence-electron chi connectivity index (χ1n) is 8.71. The van der Waals surface area contributed by atoms with E-state index in [0.717, 1.165) is 11.1 Å². The Morgan fingerprint density at radius 2 is 0.615 bits per heavy atom. The fraction of sp³-hybridized carbons (Fsp3) is 0. The molecule has 0 spiro atoms. The van der Waals surface area contributed by atoms with E-state index in [0.29, 0.717) is 0 Å². The van der Waals surface area contributed by atoms with E-state index >= 15 is 0 Å². The Morgan fingerprint density at radius 1 is 0.308 bits per heavy atom. The van der Waals surface area contributed by atoms with Gasteiger partial charge in [0.15, 0.2) is 0 Å². The highest BCUT2D eigenvalue weighted by molar-refractivity contribution is 5.65. The second kappa shape index (κ2) is 7.55. The quantitative estimate of drug-likeness (QED) is 0.372. The van der Waals surface area contributed by atoms with E-state index in [4.69, 9.17) is 0 Å². The van der Waals surface area contributed by atoms with Gasteiger partial charge >= 0.3 is 0 Å². The fourth-order valence-electron chi connectivity index (χ4n) is 2.90. The number of hydrogen-bond donors (Lipinski definition) is 0. The monoisotopic (exact) mass is 330 g/mol. The van der Waals surface area contributed by atoms with Gasteiger partial charge in [0.05, 0.1) is 0 Å². The van der Waals surface area contributed by atoms with Gasteiger partial charge in [-0.25, -0.2) is 0 Å². The molecule has 0 atom stereocenters. The molecule has 122 valence electrons. The number of hydrogen-bond acceptors (Lipinski definition) is 0. The average molecular weight is 330 g/mol. The Labute approximate surface area is 154 Å². The molecule has 4 aromatic carbocycles. The van der Waals surface area contributed by atoms with E-state index in [1.807, 2.05) is 12.1 Å². The summed E-state index contributed by atoms with van der Waals surface area (Å²) >= 11 is 0. The smallest absolute Gasteiger partial charge is 0.0249 e. The van der Waals surface area contributed by atoms with E-state index in [-0.39, 0.29) is 0 Å². The molecule has 0 radical (unpaired) electrons. The van der Waals surface area contributed by atoms with Gasteiger partial charge in [-0.3, -0.25) is 0 Å². The summed E-state index contributed by atoms with van der Waals surface area (Å²) in [6, 6.07) is 37.6. The molecule has 26 heavy (non-hydrogen) atoms. The average Bonchev–Trinajstić information content (AvgIpc) is 2.74. The molecule has 4 aromatic rings. The zero-order valence-corrected chi connectivity index (χ0v) is 14.4. The van der Waals surface area contributed by atoms with Crippen molar-refractivity contribution in [2.75, 3.05) is 0 Å². The predicted octanol–water partition coefficient (Wildman–Crippen LogP) is 6.42. The minimum atomic E-state index is 1.02. The zero-order valence-electron chi connectivity index (χ0n) is 14.4. The van der Waals surface area contributed by atoms with Crippen LogP contribution in [0.1, 0.15) is 11.1 Å². The normalized spacial score (nSPS) is 10.0. The van der Waals surface area contributed by atoms with Crippen molar-refractivity contribution in [3.63, 3.8) is 0 Å². The van der Waals surface area contributed by atoms with Gasteiger partial charge in [-0.2, -0.15) is 0 Å². The summed E-state index contributed by atoms with van der Waals surface area (Å²) in [5, 5.41) is 0. The summed E-state index contributed by atoms with van der Waals surface area (Å²) in [6.45, 7) is 0. The van der Waals surface area contributed by atoms with E-state index in [1.165, 1.54) is 22.3 Å². The standard InChI is InChI=1S/C26H18/c1-3-7-23(8-4-1)25-17-13-21(14-18-25)11-12-22-15-19-26(20-16-22)24-9-5-2-6-10-24/h1-10,13-20H. The highest BCUT2D eigenvalue weighted by atomic mass is 14.0. The summed E-state index contributed by atoms with van der Waals surface area (Å²) in [4.78, 5) is 0. The Hall–Kier alpha value is -3.56. The van der Waals surface area contributed by atoms with Crippen LogP contribution in [0.2, 0.25) is 0 Å². The van der Waals surface area contributed by atoms with Crippen LogP contribution in [0.5, 0.6) is 0 Å². The molecule has 0 aliphatic rings. The first-order chi connectivity index (χ1) is 12.9. The molecule has 4 rings (SSSR count). The summed E-state index contributed by atoms with van der Waals surface area (Å²) in [7, 11) is 0. The zero-order chi connectivity index (χ0) is 17.6. The van der Waals surface area contributed by atoms with Crippen molar-refractivity contribution >= 4 is 0 Å². The maximum atomic E-state index is 3.25. The molecule has 0 fully saturated rings. The van der Waals surface area contributed by atoms with Crippen molar-refractivity contribution in [3.8, 4) is 34.1 Å². The lowest BCUT2D eigenvalue weighted by atomic mass is 10.0. The number of rotatable bonds is 2. The van der Waals surface area contributed by atoms with Gasteiger partial charge in [-0.1, -0.05) is 96.8 Å². The van der Waals surface area contributed by atoms with Crippen LogP contribution >= 0.6 is 0 Å². The molecule has 0 heterocycles. The van der Waals surface area contributed by atoms with Crippen molar-refractivity contribution in [2.24, 2.45) is 0 Å². The van der Waals surface area contributed by atoms with Crippen molar-refractivity contribution in [1.82, 2.24) is 0 Å². The van der Waals surface area contributed by atoms with E-state index in [9.17, 15) is 0 Å². The topological polar surface area (TPSA) is 0 Å². The van der Waals surface area contributed by atoms with Crippen LogP contribution in [0.4, 0.5) is 0 Å². The minimum Gasteiger partial charge on any atom is -0.0622 e. The first kappa shape index (κ1) is 15.9. The van der Waals surface area contributed by atoms with E-state index < -0.39 is 0 Å². The highest BCUT2D eigenvalue weighted by Crippen LogP contribution is 2.20. The third-order valence-corrected chi connectivity index (χ3v) is 4.34. The molecular formula is C26H18. The largest absolute Gasteiger partial charge is 0.0622 e. The van der Waals surface area contributed by atoms with E-state index in [2.05, 4.69) is 109 Å². The van der Waals surface area contributed by atoms with Crippen LogP contribution in [0, 0.1) is 11.8 Å². The Balaban J connectivity index is 1.51. The van der Waals surface area contributed by atoms with E-state index in [1.54, 1.807) is 0 Å². The molecule has 0 unspecified atom stereocenters. The lowest BCUT2D eigenvalue weighted by molar-refractivity contribution is 1.58. The van der Waals surface area contributed by atoms with Gasteiger partial charge in [-0.15, -0.1) is 0 Å². The summed E-state index contributed by atoms with van der Waals surface area (Å²) in [6.07, 6.45) is 0. The Kier molecular flexibility index (Phi) is 4.63. The summed E-state index contributed by atoms with van der Waals surface area (Å²) < 4.78 is 0. The molecule has 0 aromatic heterocycles. The van der Waals surface area contributed by atoms with Gasteiger partial charge in [-0.05, 0) is 46.5 Å². The molecule has 0 saturated heterocycles. The second-order valence-electron chi connectivity index (χ2n) is 6.14. The molecule has 0 heteroatoms. The van der Waals surface area contributed by atoms with Gasteiger partial charge in [0, 0.05) is 11.1 Å². The molecule has 0 N–H and O–H groups in total. The second-order valence-corrected chi connectivity index (χ2v) is 6.14. The van der Waals surface area contributed by atoms with Crippen LogP contribution in [0.15, 0.2) is 109 Å². The first-order valence-corrected chi connectivity index (χ1v) is 8.71. The van der Waals surface area contributed by atoms with Gasteiger partial charge < -0.3 is 0 Å². The van der Waals surface area contributed by atoms with Crippen molar-refractivity contribution in [2.45, 2.75) is 0 Å². The molecule has 0 nitrogen and oxygen atoms in total. The molecule has 0 saturated carbocycles. The minimum absolute atomic E-state index is 1.02. The molecule has 0 aliphatic heterocycles. The summed E-state index contributed by atoms with van der Waals surface area (Å²) in [5.41, 5.74) is 6.92. The van der Waals surface area contributed by atoms with Crippen molar-refractivity contribution in [3.05, 3.63) is 120 Å². The maximum absolute atomic E-state index is 3.25. The van der Waals surface area contributed by atoms with Crippen LogP contribution < -0.4 is 0 Å². The highest BCUT2D eigenvalue weighted by Gasteiger charge is 1.97. The van der Waals surface area contributed by atoms with Gasteiger partial charge in [0.1, 0.15) is 0 Å². The SMILES string of the molecule is C(#Cc1ccc(-c2ccccc2)cc1)c1ccc(-c2ccccc2)cc1. The predicted molar refractivity (Wildman–Crippen MR) is 110 cm³/mol. The Bertz CT molecular complexity index is 943. The maximum Gasteiger partial charge on any atom is 0.0249 e. The molecular weight excluding hydrogens is 312 g/mol. The van der Waals surface area contributed by atoms with Crippen molar-refractivity contribution < 1.29 is 0 Å². The van der Waals surface area contributed by atoms with Crippen LogP contribution in [0.3, 0.4) is 0 Å². The van der Waals surface area contributed by atoms with Gasteiger partial charge in [0.25, 0.3) is 0 Å². The Morgan fingerprint density at radius 3 is 0.962 bits per heavy atom. The third-order valence-electron chi connectivity index (χ3n) is 4.34. The lowest BCUT2D eigenvalue weighted by Gasteiger charge is -2.01. The number of benzene rings is 4. The van der Waals surface area contributed by atoms with Gasteiger partial charge in [0.2, 0.25) is 0 Å². The molecule has 0 amide bonds. The fourth-order valence-corrected chi connectivity index (χ4v) is 2.90.